The minimum Gasteiger partial charge on any atom is -0.387 e. The van der Waals surface area contributed by atoms with Gasteiger partial charge in [0.15, 0.2) is 6.23 Å². The van der Waals surface area contributed by atoms with Crippen LogP contribution < -0.4 is 5.14 Å². The van der Waals surface area contributed by atoms with Gasteiger partial charge in [0.05, 0.1) is 6.61 Å². The first kappa shape index (κ1) is 14.3. The second-order valence-electron chi connectivity index (χ2n) is 4.39. The molecule has 19 heavy (non-hydrogen) atoms. The summed E-state index contributed by atoms with van der Waals surface area (Å²) in [5, 5.41) is 28.3. The highest BCUT2D eigenvalue weighted by atomic mass is 32.2. The number of ether oxygens (including phenoxy) is 1. The van der Waals surface area contributed by atoms with Crippen LogP contribution in [0, 0.1) is 0 Å². The van der Waals surface area contributed by atoms with E-state index in [1.165, 1.54) is 24.3 Å². The fourth-order valence-corrected chi connectivity index (χ4v) is 2.21. The molecule has 1 aromatic heterocycles. The molecule has 1 aromatic rings. The molecule has 2 heterocycles. The quantitative estimate of drug-likeness (QED) is 0.552. The molecule has 0 spiro atoms. The van der Waals surface area contributed by atoms with Gasteiger partial charge < -0.3 is 14.9 Å². The number of nitrogens with two attached hydrogens (primary N) is 1. The van der Waals surface area contributed by atoms with Gasteiger partial charge in [0.2, 0.25) is 0 Å². The standard InChI is InChI=1S/C8H14N4O6S/c1-8(2-17-19(9,15)16)6(14)5(13)7(18-8)12-4-10-3-11-12/h3-7,13-14H,2H2,1H3,(H2,9,15,16)/t5-,6+,7-,8-/m1/s1. The monoisotopic (exact) mass is 294 g/mol. The van der Waals surface area contributed by atoms with Crippen LogP contribution in [0.2, 0.25) is 0 Å². The van der Waals surface area contributed by atoms with Crippen LogP contribution in [0.4, 0.5) is 0 Å². The Labute approximate surface area is 109 Å². The van der Waals surface area contributed by atoms with Crippen LogP contribution in [0.15, 0.2) is 12.7 Å². The summed E-state index contributed by atoms with van der Waals surface area (Å²) >= 11 is 0. The number of nitrogens with zero attached hydrogens (tertiary/aromatic N) is 3. The van der Waals surface area contributed by atoms with Crippen molar-refractivity contribution in [3.8, 4) is 0 Å². The predicted octanol–water partition coefficient (Wildman–Crippen LogP) is -2.49. The Kier molecular flexibility index (Phi) is 3.59. The Morgan fingerprint density at radius 2 is 2.26 bits per heavy atom. The van der Waals surface area contributed by atoms with E-state index in [1.54, 1.807) is 0 Å². The minimum atomic E-state index is -4.17. The summed E-state index contributed by atoms with van der Waals surface area (Å²) in [4.78, 5) is 3.69. The number of aliphatic hydroxyl groups is 2. The van der Waals surface area contributed by atoms with Gasteiger partial charge in [-0.05, 0) is 6.92 Å². The third-order valence-corrected chi connectivity index (χ3v) is 3.28. The number of aliphatic hydroxyl groups excluding tert-OH is 2. The Morgan fingerprint density at radius 3 is 2.79 bits per heavy atom. The van der Waals surface area contributed by atoms with E-state index < -0.39 is 40.9 Å². The first-order chi connectivity index (χ1) is 8.73. The maximum Gasteiger partial charge on any atom is 0.333 e. The second kappa shape index (κ2) is 4.77. The summed E-state index contributed by atoms with van der Waals surface area (Å²) in [5.74, 6) is 0. The largest absolute Gasteiger partial charge is 0.387 e. The predicted molar refractivity (Wildman–Crippen MR) is 59.6 cm³/mol. The van der Waals surface area contributed by atoms with Gasteiger partial charge in [0.25, 0.3) is 0 Å². The zero-order valence-electron chi connectivity index (χ0n) is 9.95. The van der Waals surface area contributed by atoms with Crippen molar-refractivity contribution in [1.82, 2.24) is 14.8 Å². The molecule has 4 atom stereocenters. The molecule has 11 heteroatoms. The van der Waals surface area contributed by atoms with E-state index in [0.29, 0.717) is 0 Å². The molecule has 0 amide bonds. The first-order valence-corrected chi connectivity index (χ1v) is 6.75. The first-order valence-electron chi connectivity index (χ1n) is 5.28. The SMILES string of the molecule is C[C@]1(COS(N)(=O)=O)O[C@@H](n2cncn2)[C@H](O)[C@@H]1O. The van der Waals surface area contributed by atoms with Gasteiger partial charge in [0.1, 0.15) is 30.5 Å². The second-order valence-corrected chi connectivity index (χ2v) is 5.61. The summed E-state index contributed by atoms with van der Waals surface area (Å²) < 4.78 is 32.6. The highest BCUT2D eigenvalue weighted by Gasteiger charge is 2.53. The van der Waals surface area contributed by atoms with Gasteiger partial charge in [0, 0.05) is 0 Å². The molecule has 0 saturated carbocycles. The van der Waals surface area contributed by atoms with Crippen molar-refractivity contribution in [2.24, 2.45) is 5.14 Å². The van der Waals surface area contributed by atoms with Crippen LogP contribution >= 0.6 is 0 Å². The molecule has 1 fully saturated rings. The van der Waals surface area contributed by atoms with Gasteiger partial charge in [-0.2, -0.15) is 13.5 Å². The van der Waals surface area contributed by atoms with Crippen molar-refractivity contribution in [3.63, 3.8) is 0 Å². The average Bonchev–Trinajstić information content (AvgIpc) is 2.90. The number of hydrogen-bond donors (Lipinski definition) is 3. The number of hydrogen-bond acceptors (Lipinski definition) is 8. The Balaban J connectivity index is 2.15. The van der Waals surface area contributed by atoms with Crippen LogP contribution in [0.1, 0.15) is 13.2 Å². The molecule has 2 rings (SSSR count). The van der Waals surface area contributed by atoms with Gasteiger partial charge in [-0.3, -0.25) is 4.18 Å². The zero-order valence-corrected chi connectivity index (χ0v) is 10.8. The van der Waals surface area contributed by atoms with Gasteiger partial charge in [-0.15, -0.1) is 0 Å². The zero-order chi connectivity index (χ0) is 14.3. The summed E-state index contributed by atoms with van der Waals surface area (Å²) in [6.07, 6.45) is -1.14. The fraction of sp³-hybridized carbons (Fsp3) is 0.750. The highest BCUT2D eigenvalue weighted by molar-refractivity contribution is 7.84. The molecule has 0 aromatic carbocycles. The summed E-state index contributed by atoms with van der Waals surface area (Å²) in [6.45, 7) is 0.859. The van der Waals surface area contributed by atoms with Crippen molar-refractivity contribution in [1.29, 1.82) is 0 Å². The Bertz CT molecular complexity index is 533. The third-order valence-electron chi connectivity index (χ3n) is 2.84. The van der Waals surface area contributed by atoms with Gasteiger partial charge >= 0.3 is 10.3 Å². The lowest BCUT2D eigenvalue weighted by atomic mass is 9.99. The number of rotatable bonds is 4. The molecular formula is C8H14N4O6S. The maximum atomic E-state index is 10.8. The van der Waals surface area contributed by atoms with Crippen molar-refractivity contribution >= 4 is 10.3 Å². The van der Waals surface area contributed by atoms with Gasteiger partial charge in [-0.1, -0.05) is 0 Å². The lowest BCUT2D eigenvalue weighted by Crippen LogP contribution is -2.45. The minimum absolute atomic E-state index is 0.532. The summed E-state index contributed by atoms with van der Waals surface area (Å²) in [6, 6.07) is 0. The normalized spacial score (nSPS) is 35.7. The lowest BCUT2D eigenvalue weighted by molar-refractivity contribution is -0.114. The van der Waals surface area contributed by atoms with Crippen molar-refractivity contribution in [3.05, 3.63) is 12.7 Å². The molecule has 0 unspecified atom stereocenters. The summed E-state index contributed by atoms with van der Waals surface area (Å²) in [5.41, 5.74) is -1.44. The molecule has 1 saturated heterocycles. The van der Waals surface area contributed by atoms with Crippen LogP contribution in [0.5, 0.6) is 0 Å². The maximum absolute atomic E-state index is 10.8. The van der Waals surface area contributed by atoms with E-state index in [9.17, 15) is 18.6 Å². The molecule has 4 N–H and O–H groups in total. The van der Waals surface area contributed by atoms with E-state index in [1.807, 2.05) is 0 Å². The van der Waals surface area contributed by atoms with Crippen LogP contribution in [0.3, 0.4) is 0 Å². The van der Waals surface area contributed by atoms with E-state index in [-0.39, 0.29) is 0 Å². The van der Waals surface area contributed by atoms with Crippen LogP contribution in [0.25, 0.3) is 0 Å². The third kappa shape index (κ3) is 2.91. The van der Waals surface area contributed by atoms with Crippen LogP contribution in [-0.2, 0) is 19.2 Å². The van der Waals surface area contributed by atoms with E-state index >= 15 is 0 Å². The molecule has 1 aliphatic rings. The number of aromatic nitrogens is 3. The van der Waals surface area contributed by atoms with Crippen molar-refractivity contribution in [2.75, 3.05) is 6.61 Å². The van der Waals surface area contributed by atoms with E-state index in [4.69, 9.17) is 9.88 Å². The molecule has 1 aliphatic heterocycles. The topological polar surface area (TPSA) is 150 Å². The Morgan fingerprint density at radius 1 is 1.58 bits per heavy atom. The summed E-state index contributed by atoms with van der Waals surface area (Å²) in [7, 11) is -4.17. The van der Waals surface area contributed by atoms with E-state index in [2.05, 4.69) is 14.3 Å². The molecule has 0 aliphatic carbocycles. The highest BCUT2D eigenvalue weighted by Crippen LogP contribution is 2.36. The molecule has 10 nitrogen and oxygen atoms in total. The molecule has 0 radical (unpaired) electrons. The Hall–Kier alpha value is -1.11. The average molecular weight is 294 g/mol. The smallest absolute Gasteiger partial charge is 0.333 e. The molecular weight excluding hydrogens is 280 g/mol. The molecule has 0 bridgehead atoms. The fourth-order valence-electron chi connectivity index (χ4n) is 1.81. The van der Waals surface area contributed by atoms with Crippen molar-refractivity contribution in [2.45, 2.75) is 31.0 Å². The van der Waals surface area contributed by atoms with Gasteiger partial charge in [-0.25, -0.2) is 14.8 Å². The molecule has 108 valence electrons. The van der Waals surface area contributed by atoms with E-state index in [0.717, 1.165) is 0 Å². The van der Waals surface area contributed by atoms with Crippen molar-refractivity contribution < 1.29 is 27.6 Å². The van der Waals surface area contributed by atoms with Crippen LogP contribution in [-0.4, -0.2) is 57.8 Å². The lowest BCUT2D eigenvalue weighted by Gasteiger charge is -2.26.